The number of carbonyl (C=O) groups excluding carboxylic acids is 3. The lowest BCUT2D eigenvalue weighted by Gasteiger charge is -2.29. The summed E-state index contributed by atoms with van der Waals surface area (Å²) in [6.07, 6.45) is 1.41. The van der Waals surface area contributed by atoms with Gasteiger partial charge in [-0.05, 0) is 39.2 Å². The number of hydrogen-bond donors (Lipinski definition) is 0. The minimum Gasteiger partial charge on any atom is -0.459 e. The highest BCUT2D eigenvalue weighted by Gasteiger charge is 2.52. The summed E-state index contributed by atoms with van der Waals surface area (Å²) in [6, 6.07) is 7.20. The third kappa shape index (κ3) is 2.89. The van der Waals surface area contributed by atoms with E-state index in [4.69, 9.17) is 4.74 Å². The van der Waals surface area contributed by atoms with Crippen molar-refractivity contribution in [3.05, 3.63) is 35.4 Å². The Bertz CT molecular complexity index is 583. The van der Waals surface area contributed by atoms with Crippen LogP contribution in [-0.2, 0) is 20.7 Å². The van der Waals surface area contributed by atoms with E-state index in [2.05, 4.69) is 0 Å². The molecule has 1 aliphatic carbocycles. The molecule has 1 aliphatic rings. The Morgan fingerprint density at radius 1 is 1.33 bits per heavy atom. The lowest BCUT2D eigenvalue weighted by Crippen LogP contribution is -2.42. The van der Waals surface area contributed by atoms with Crippen molar-refractivity contribution in [2.45, 2.75) is 45.6 Å². The first-order valence-electron chi connectivity index (χ1n) is 7.10. The van der Waals surface area contributed by atoms with E-state index >= 15 is 0 Å². The highest BCUT2D eigenvalue weighted by atomic mass is 16.6. The lowest BCUT2D eigenvalue weighted by molar-refractivity contribution is -0.164. The van der Waals surface area contributed by atoms with E-state index in [0.29, 0.717) is 12.0 Å². The van der Waals surface area contributed by atoms with Gasteiger partial charge in [-0.2, -0.15) is 0 Å². The average Bonchev–Trinajstić information content (AvgIpc) is 2.69. The maximum Gasteiger partial charge on any atom is 0.320 e. The van der Waals surface area contributed by atoms with Crippen LogP contribution in [0.5, 0.6) is 0 Å². The zero-order valence-corrected chi connectivity index (χ0v) is 12.6. The van der Waals surface area contributed by atoms with Crippen LogP contribution in [-0.4, -0.2) is 23.6 Å². The molecule has 0 amide bonds. The topological polar surface area (TPSA) is 60.4 Å². The molecule has 1 aromatic rings. The molecule has 0 N–H and O–H groups in total. The molecule has 0 heterocycles. The van der Waals surface area contributed by atoms with Gasteiger partial charge >= 0.3 is 5.97 Å². The molecule has 0 saturated carbocycles. The van der Waals surface area contributed by atoms with Crippen LogP contribution in [0.3, 0.4) is 0 Å². The Kier molecular flexibility index (Phi) is 3.99. The van der Waals surface area contributed by atoms with Gasteiger partial charge in [-0.25, -0.2) is 0 Å². The number of aldehydes is 1. The molecular formula is C17H20O4. The second-order valence-electron chi connectivity index (χ2n) is 6.45. The van der Waals surface area contributed by atoms with Gasteiger partial charge in [-0.3, -0.25) is 9.59 Å². The molecule has 0 aliphatic heterocycles. The van der Waals surface area contributed by atoms with Crippen molar-refractivity contribution in [1.29, 1.82) is 0 Å². The first-order chi connectivity index (χ1) is 9.80. The van der Waals surface area contributed by atoms with Gasteiger partial charge in [0.1, 0.15) is 17.3 Å². The minimum absolute atomic E-state index is 0.166. The quantitative estimate of drug-likeness (QED) is 0.485. The number of ether oxygens (including phenoxy) is 1. The first-order valence-corrected chi connectivity index (χ1v) is 7.10. The maximum absolute atomic E-state index is 12.7. The number of ketones is 1. The Morgan fingerprint density at radius 2 is 2.00 bits per heavy atom. The number of benzene rings is 1. The van der Waals surface area contributed by atoms with Crippen molar-refractivity contribution < 1.29 is 19.1 Å². The standard InChI is InChI=1S/C17H20O4/c1-16(2,3)21-15(20)17(9-6-10-18)11-12-7-4-5-8-13(12)14(17)19/h4-5,7-8,10H,6,9,11H2,1-3H3/t17-/m1/s1. The zero-order chi connectivity index (χ0) is 15.7. The van der Waals surface area contributed by atoms with Crippen molar-refractivity contribution >= 4 is 18.0 Å². The summed E-state index contributed by atoms with van der Waals surface area (Å²) in [7, 11) is 0. The summed E-state index contributed by atoms with van der Waals surface area (Å²) in [5.74, 6) is -0.757. The van der Waals surface area contributed by atoms with Gasteiger partial charge < -0.3 is 9.53 Å². The second-order valence-corrected chi connectivity index (χ2v) is 6.45. The first kappa shape index (κ1) is 15.4. The number of rotatable bonds is 4. The van der Waals surface area contributed by atoms with Crippen molar-refractivity contribution in [3.63, 3.8) is 0 Å². The van der Waals surface area contributed by atoms with Gasteiger partial charge in [0.05, 0.1) is 0 Å². The van der Waals surface area contributed by atoms with Crippen LogP contribution in [0.15, 0.2) is 24.3 Å². The summed E-state index contributed by atoms with van der Waals surface area (Å²) in [5.41, 5.74) is -0.508. The largest absolute Gasteiger partial charge is 0.459 e. The normalized spacial score (nSPS) is 21.0. The SMILES string of the molecule is CC(C)(C)OC(=O)[C@]1(CCC=O)Cc2ccccc2C1=O. The molecule has 1 aromatic carbocycles. The Hall–Kier alpha value is -1.97. The molecular weight excluding hydrogens is 268 g/mol. The van der Waals surface area contributed by atoms with Gasteiger partial charge in [0.15, 0.2) is 5.78 Å². The predicted molar refractivity (Wildman–Crippen MR) is 78.1 cm³/mol. The van der Waals surface area contributed by atoms with Gasteiger partial charge in [0.25, 0.3) is 0 Å². The van der Waals surface area contributed by atoms with E-state index < -0.39 is 17.0 Å². The zero-order valence-electron chi connectivity index (χ0n) is 12.6. The minimum atomic E-state index is -1.25. The Morgan fingerprint density at radius 3 is 2.57 bits per heavy atom. The average molecular weight is 288 g/mol. The summed E-state index contributed by atoms with van der Waals surface area (Å²) in [6.45, 7) is 5.31. The highest BCUT2D eigenvalue weighted by Crippen LogP contribution is 2.42. The molecule has 0 saturated heterocycles. The van der Waals surface area contributed by atoms with Crippen LogP contribution in [0.4, 0.5) is 0 Å². The van der Waals surface area contributed by atoms with Crippen LogP contribution in [0.1, 0.15) is 49.5 Å². The van der Waals surface area contributed by atoms with Gasteiger partial charge in [0.2, 0.25) is 0 Å². The van der Waals surface area contributed by atoms with Crippen LogP contribution in [0, 0.1) is 5.41 Å². The molecule has 21 heavy (non-hydrogen) atoms. The van der Waals surface area contributed by atoms with E-state index in [9.17, 15) is 14.4 Å². The third-order valence-corrected chi connectivity index (χ3v) is 3.67. The predicted octanol–water partition coefficient (Wildman–Crippen LogP) is 2.73. The fourth-order valence-corrected chi connectivity index (χ4v) is 2.71. The van der Waals surface area contributed by atoms with E-state index in [-0.39, 0.29) is 18.6 Å². The molecule has 0 fully saturated rings. The molecule has 0 spiro atoms. The van der Waals surface area contributed by atoms with Crippen molar-refractivity contribution in [1.82, 2.24) is 0 Å². The van der Waals surface area contributed by atoms with Crippen molar-refractivity contribution in [2.24, 2.45) is 5.41 Å². The van der Waals surface area contributed by atoms with Crippen LogP contribution >= 0.6 is 0 Å². The number of esters is 1. The third-order valence-electron chi connectivity index (χ3n) is 3.67. The summed E-state index contributed by atoms with van der Waals surface area (Å²) in [5, 5.41) is 0. The van der Waals surface area contributed by atoms with E-state index in [0.717, 1.165) is 11.8 Å². The Labute approximate surface area is 124 Å². The maximum atomic E-state index is 12.7. The number of hydrogen-bond acceptors (Lipinski definition) is 4. The lowest BCUT2D eigenvalue weighted by atomic mass is 9.79. The Balaban J connectivity index is 2.39. The van der Waals surface area contributed by atoms with Crippen LogP contribution in [0.2, 0.25) is 0 Å². The van der Waals surface area contributed by atoms with Gasteiger partial charge in [0, 0.05) is 12.0 Å². The molecule has 1 atom stereocenters. The summed E-state index contributed by atoms with van der Waals surface area (Å²) in [4.78, 5) is 36.1. The molecule has 2 rings (SSSR count). The second kappa shape index (κ2) is 5.43. The molecule has 4 nitrogen and oxygen atoms in total. The van der Waals surface area contributed by atoms with Gasteiger partial charge in [-0.15, -0.1) is 0 Å². The summed E-state index contributed by atoms with van der Waals surface area (Å²) >= 11 is 0. The fraction of sp³-hybridized carbons (Fsp3) is 0.471. The fourth-order valence-electron chi connectivity index (χ4n) is 2.71. The number of carbonyl (C=O) groups is 3. The van der Waals surface area contributed by atoms with Crippen molar-refractivity contribution in [2.75, 3.05) is 0 Å². The van der Waals surface area contributed by atoms with E-state index in [1.807, 2.05) is 12.1 Å². The van der Waals surface area contributed by atoms with Crippen LogP contribution in [0.25, 0.3) is 0 Å². The van der Waals surface area contributed by atoms with Crippen LogP contribution < -0.4 is 0 Å². The van der Waals surface area contributed by atoms with Gasteiger partial charge in [-0.1, -0.05) is 24.3 Å². The molecule has 0 radical (unpaired) electrons. The molecule has 0 aromatic heterocycles. The highest BCUT2D eigenvalue weighted by molar-refractivity contribution is 6.16. The summed E-state index contributed by atoms with van der Waals surface area (Å²) < 4.78 is 5.45. The number of Topliss-reactive ketones (excluding diaryl/α,β-unsaturated/α-hetero) is 1. The molecule has 0 bridgehead atoms. The smallest absolute Gasteiger partial charge is 0.320 e. The number of fused-ring (bicyclic) bond motifs is 1. The van der Waals surface area contributed by atoms with E-state index in [1.54, 1.807) is 32.9 Å². The van der Waals surface area contributed by atoms with Crippen molar-refractivity contribution in [3.8, 4) is 0 Å². The molecule has 4 heteroatoms. The molecule has 0 unspecified atom stereocenters. The van der Waals surface area contributed by atoms with E-state index in [1.165, 1.54) is 0 Å². The monoisotopic (exact) mass is 288 g/mol. The molecule has 112 valence electrons.